The number of hydrogen-bond acceptors (Lipinski definition) is 5. The summed E-state index contributed by atoms with van der Waals surface area (Å²) in [5.41, 5.74) is 1.58. The lowest BCUT2D eigenvalue weighted by molar-refractivity contribution is 0.0507. The van der Waals surface area contributed by atoms with E-state index in [1.807, 2.05) is 17.0 Å². The first kappa shape index (κ1) is 15.9. The van der Waals surface area contributed by atoms with Crippen LogP contribution in [0.4, 0.5) is 0 Å². The Kier molecular flexibility index (Phi) is 4.52. The lowest BCUT2D eigenvalue weighted by Gasteiger charge is -2.25. The van der Waals surface area contributed by atoms with Crippen LogP contribution in [0.15, 0.2) is 42.7 Å². The molecule has 4 rings (SSSR count). The van der Waals surface area contributed by atoms with Crippen molar-refractivity contribution in [1.82, 2.24) is 9.88 Å². The summed E-state index contributed by atoms with van der Waals surface area (Å²) in [5, 5.41) is 0. The van der Waals surface area contributed by atoms with E-state index in [9.17, 15) is 4.79 Å². The standard InChI is InChI=1S/C19H20N2O4/c22-19(15-5-6-17-18(9-15)25-13-24-17)21(12-16-4-2-8-23-16)11-14-3-1-7-20-10-14/h1,3,5-7,9-10,16H,2,4,8,11-13H2. The van der Waals surface area contributed by atoms with Crippen LogP contribution in [0.1, 0.15) is 28.8 Å². The molecule has 6 heteroatoms. The van der Waals surface area contributed by atoms with E-state index in [4.69, 9.17) is 14.2 Å². The van der Waals surface area contributed by atoms with Crippen LogP contribution in [-0.4, -0.2) is 41.8 Å². The van der Waals surface area contributed by atoms with Crippen LogP contribution in [0.25, 0.3) is 0 Å². The molecule has 1 saturated heterocycles. The average Bonchev–Trinajstić information content (AvgIpc) is 3.32. The molecule has 3 heterocycles. The smallest absolute Gasteiger partial charge is 0.254 e. The molecule has 0 spiro atoms. The summed E-state index contributed by atoms with van der Waals surface area (Å²) in [6.45, 7) is 2.04. The van der Waals surface area contributed by atoms with Crippen molar-refractivity contribution in [3.63, 3.8) is 0 Å². The predicted octanol–water partition coefficient (Wildman–Crippen LogP) is 2.63. The van der Waals surface area contributed by atoms with Gasteiger partial charge in [0.25, 0.3) is 5.91 Å². The first-order valence-corrected chi connectivity index (χ1v) is 8.49. The number of amides is 1. The van der Waals surface area contributed by atoms with Gasteiger partial charge in [-0.15, -0.1) is 0 Å². The van der Waals surface area contributed by atoms with Gasteiger partial charge in [-0.3, -0.25) is 9.78 Å². The van der Waals surface area contributed by atoms with Gasteiger partial charge < -0.3 is 19.1 Å². The maximum Gasteiger partial charge on any atom is 0.254 e. The Labute approximate surface area is 146 Å². The quantitative estimate of drug-likeness (QED) is 0.837. The van der Waals surface area contributed by atoms with Gasteiger partial charge in [0.2, 0.25) is 6.79 Å². The number of aromatic nitrogens is 1. The van der Waals surface area contributed by atoms with Crippen molar-refractivity contribution in [1.29, 1.82) is 0 Å². The normalized spacial score (nSPS) is 18.3. The van der Waals surface area contributed by atoms with Crippen LogP contribution in [0, 0.1) is 0 Å². The number of carbonyl (C=O) groups is 1. The van der Waals surface area contributed by atoms with Gasteiger partial charge in [0, 0.05) is 37.7 Å². The molecule has 0 N–H and O–H groups in total. The maximum absolute atomic E-state index is 13.1. The minimum absolute atomic E-state index is 0.0438. The maximum atomic E-state index is 13.1. The third-order valence-corrected chi connectivity index (χ3v) is 4.45. The van der Waals surface area contributed by atoms with Gasteiger partial charge in [-0.2, -0.15) is 0 Å². The van der Waals surface area contributed by atoms with E-state index in [0.717, 1.165) is 25.0 Å². The van der Waals surface area contributed by atoms with Crippen LogP contribution in [0.3, 0.4) is 0 Å². The van der Waals surface area contributed by atoms with Gasteiger partial charge in [-0.05, 0) is 42.7 Å². The molecule has 1 aromatic carbocycles. The van der Waals surface area contributed by atoms with Crippen LogP contribution in [-0.2, 0) is 11.3 Å². The molecule has 2 aromatic rings. The van der Waals surface area contributed by atoms with Crippen LogP contribution >= 0.6 is 0 Å². The summed E-state index contributed by atoms with van der Waals surface area (Å²) >= 11 is 0. The molecule has 0 aliphatic carbocycles. The van der Waals surface area contributed by atoms with E-state index >= 15 is 0 Å². The Morgan fingerprint density at radius 3 is 2.96 bits per heavy atom. The van der Waals surface area contributed by atoms with Crippen LogP contribution in [0.2, 0.25) is 0 Å². The third-order valence-electron chi connectivity index (χ3n) is 4.45. The SMILES string of the molecule is O=C(c1ccc2c(c1)OCO2)N(Cc1cccnc1)CC1CCCO1. The Hall–Kier alpha value is -2.60. The molecule has 6 nitrogen and oxygen atoms in total. The van der Waals surface area contributed by atoms with Crippen molar-refractivity contribution in [2.24, 2.45) is 0 Å². The van der Waals surface area contributed by atoms with E-state index in [0.29, 0.717) is 30.2 Å². The summed E-state index contributed by atoms with van der Waals surface area (Å²) in [5.74, 6) is 1.25. The molecule has 1 aromatic heterocycles. The fraction of sp³-hybridized carbons (Fsp3) is 0.368. The molecule has 0 bridgehead atoms. The van der Waals surface area contributed by atoms with Crippen molar-refractivity contribution in [3.8, 4) is 11.5 Å². The molecule has 1 atom stereocenters. The molecule has 0 radical (unpaired) electrons. The molecular weight excluding hydrogens is 320 g/mol. The third kappa shape index (κ3) is 3.58. The number of pyridine rings is 1. The summed E-state index contributed by atoms with van der Waals surface area (Å²) in [6.07, 6.45) is 5.64. The highest BCUT2D eigenvalue weighted by Gasteiger charge is 2.25. The number of fused-ring (bicyclic) bond motifs is 1. The summed E-state index contributed by atoms with van der Waals surface area (Å²) in [6, 6.07) is 9.16. The van der Waals surface area contributed by atoms with E-state index in [1.54, 1.807) is 30.6 Å². The first-order valence-electron chi connectivity index (χ1n) is 8.49. The topological polar surface area (TPSA) is 60.9 Å². The molecule has 0 saturated carbocycles. The number of nitrogens with zero attached hydrogens (tertiary/aromatic N) is 2. The number of carbonyl (C=O) groups excluding carboxylic acids is 1. The second-order valence-corrected chi connectivity index (χ2v) is 6.25. The summed E-state index contributed by atoms with van der Waals surface area (Å²) in [4.78, 5) is 19.1. The van der Waals surface area contributed by atoms with Gasteiger partial charge in [-0.1, -0.05) is 6.07 Å². The minimum Gasteiger partial charge on any atom is -0.454 e. The van der Waals surface area contributed by atoms with Crippen molar-refractivity contribution >= 4 is 5.91 Å². The molecule has 130 valence electrons. The molecular formula is C19H20N2O4. The zero-order chi connectivity index (χ0) is 17.1. The molecule has 1 fully saturated rings. The zero-order valence-corrected chi connectivity index (χ0v) is 13.9. The average molecular weight is 340 g/mol. The number of benzene rings is 1. The summed E-state index contributed by atoms with van der Waals surface area (Å²) in [7, 11) is 0. The van der Waals surface area contributed by atoms with Crippen LogP contribution in [0.5, 0.6) is 11.5 Å². The predicted molar refractivity (Wildman–Crippen MR) is 90.5 cm³/mol. The monoisotopic (exact) mass is 340 g/mol. The van der Waals surface area contributed by atoms with Crippen molar-refractivity contribution in [2.75, 3.05) is 19.9 Å². The van der Waals surface area contributed by atoms with E-state index in [1.165, 1.54) is 0 Å². The van der Waals surface area contributed by atoms with Gasteiger partial charge in [0.15, 0.2) is 11.5 Å². The van der Waals surface area contributed by atoms with Crippen molar-refractivity contribution in [2.45, 2.75) is 25.5 Å². The van der Waals surface area contributed by atoms with Crippen molar-refractivity contribution < 1.29 is 19.0 Å². The lowest BCUT2D eigenvalue weighted by atomic mass is 10.1. The van der Waals surface area contributed by atoms with E-state index in [-0.39, 0.29) is 18.8 Å². The Morgan fingerprint density at radius 2 is 2.16 bits per heavy atom. The molecule has 2 aliphatic heterocycles. The summed E-state index contributed by atoms with van der Waals surface area (Å²) < 4.78 is 16.4. The van der Waals surface area contributed by atoms with Crippen molar-refractivity contribution in [3.05, 3.63) is 53.9 Å². The highest BCUT2D eigenvalue weighted by molar-refractivity contribution is 5.95. The minimum atomic E-state index is -0.0438. The van der Waals surface area contributed by atoms with Crippen LogP contribution < -0.4 is 9.47 Å². The van der Waals surface area contributed by atoms with E-state index < -0.39 is 0 Å². The molecule has 1 amide bonds. The lowest BCUT2D eigenvalue weighted by Crippen LogP contribution is -2.37. The zero-order valence-electron chi connectivity index (χ0n) is 13.9. The Bertz CT molecular complexity index is 744. The first-order chi connectivity index (χ1) is 12.3. The van der Waals surface area contributed by atoms with Gasteiger partial charge in [0.05, 0.1) is 6.10 Å². The van der Waals surface area contributed by atoms with Gasteiger partial charge >= 0.3 is 0 Å². The fourth-order valence-corrected chi connectivity index (χ4v) is 3.18. The largest absolute Gasteiger partial charge is 0.454 e. The molecule has 2 aliphatic rings. The fourth-order valence-electron chi connectivity index (χ4n) is 3.18. The highest BCUT2D eigenvalue weighted by Crippen LogP contribution is 2.33. The molecule has 25 heavy (non-hydrogen) atoms. The number of rotatable bonds is 5. The second-order valence-electron chi connectivity index (χ2n) is 6.25. The Morgan fingerprint density at radius 1 is 1.24 bits per heavy atom. The highest BCUT2D eigenvalue weighted by atomic mass is 16.7. The van der Waals surface area contributed by atoms with Gasteiger partial charge in [-0.25, -0.2) is 0 Å². The van der Waals surface area contributed by atoms with Gasteiger partial charge in [0.1, 0.15) is 0 Å². The van der Waals surface area contributed by atoms with E-state index in [2.05, 4.69) is 4.98 Å². The number of ether oxygens (including phenoxy) is 3. The number of hydrogen-bond donors (Lipinski definition) is 0. The Balaban J connectivity index is 1.56. The second kappa shape index (κ2) is 7.11. The molecule has 1 unspecified atom stereocenters.